The zero-order valence-corrected chi connectivity index (χ0v) is 8.50. The van der Waals surface area contributed by atoms with Crippen molar-refractivity contribution in [2.75, 3.05) is 6.54 Å². The van der Waals surface area contributed by atoms with Gasteiger partial charge in [-0.05, 0) is 0 Å². The normalized spacial score (nSPS) is 11.8. The maximum atomic E-state index is 11.9. The zero-order chi connectivity index (χ0) is 12.2. The van der Waals surface area contributed by atoms with Gasteiger partial charge in [-0.1, -0.05) is 0 Å². The number of hydrogen-bond acceptors (Lipinski definition) is 3. The van der Waals surface area contributed by atoms with Crippen LogP contribution in [0.1, 0.15) is 23.3 Å². The lowest BCUT2D eigenvalue weighted by Gasteiger charge is -2.03. The van der Waals surface area contributed by atoms with E-state index in [1.165, 1.54) is 12.5 Å². The molecule has 1 heterocycles. The molecule has 0 atom stereocenters. The lowest BCUT2D eigenvalue weighted by Crippen LogP contribution is -2.11. The topological polar surface area (TPSA) is 60.9 Å². The summed E-state index contributed by atoms with van der Waals surface area (Å²) in [5.41, 5.74) is 5.33. The fraction of sp³-hybridized carbons (Fsp3) is 0.556. The van der Waals surface area contributed by atoms with Gasteiger partial charge in [0.2, 0.25) is 0 Å². The number of hydrogen-bond donors (Lipinski definition) is 1. The van der Waals surface area contributed by atoms with Crippen LogP contribution in [0, 0.1) is 0 Å². The summed E-state index contributed by atoms with van der Waals surface area (Å²) in [6.45, 7) is 0.867. The molecule has 1 aromatic heterocycles. The molecule has 0 saturated heterocycles. The van der Waals surface area contributed by atoms with Crippen molar-refractivity contribution in [2.45, 2.75) is 25.6 Å². The molecule has 0 aliphatic carbocycles. The Morgan fingerprint density at radius 1 is 1.50 bits per heavy atom. The van der Waals surface area contributed by atoms with Gasteiger partial charge in [0.05, 0.1) is 12.7 Å². The van der Waals surface area contributed by atoms with Crippen LogP contribution in [0.4, 0.5) is 13.2 Å². The first-order valence-electron chi connectivity index (χ1n) is 4.74. The first kappa shape index (κ1) is 12.7. The second kappa shape index (κ2) is 5.11. The molecule has 0 fully saturated rings. The number of alkyl halides is 3. The highest BCUT2D eigenvalue weighted by molar-refractivity contribution is 5.93. The van der Waals surface area contributed by atoms with Gasteiger partial charge in [-0.25, -0.2) is 4.98 Å². The van der Waals surface area contributed by atoms with Crippen LogP contribution in [0.3, 0.4) is 0 Å². The van der Waals surface area contributed by atoms with Gasteiger partial charge in [0.1, 0.15) is 5.69 Å². The van der Waals surface area contributed by atoms with Crippen LogP contribution in [-0.2, 0) is 6.54 Å². The molecule has 0 aromatic carbocycles. The van der Waals surface area contributed by atoms with Crippen LogP contribution in [0.15, 0.2) is 12.5 Å². The standard InChI is InChI=1S/C9H12F3N3O/c10-9(11,12)2-1-8(16)7-5-15(4-3-13)6-14-7/h5-6H,1-4,13H2. The number of rotatable bonds is 5. The predicted molar refractivity (Wildman–Crippen MR) is 50.9 cm³/mol. The lowest BCUT2D eigenvalue weighted by molar-refractivity contribution is -0.133. The van der Waals surface area contributed by atoms with Crippen LogP contribution >= 0.6 is 0 Å². The summed E-state index contributed by atoms with van der Waals surface area (Å²) >= 11 is 0. The van der Waals surface area contributed by atoms with Crippen molar-refractivity contribution in [3.63, 3.8) is 0 Å². The van der Waals surface area contributed by atoms with Gasteiger partial charge in [0, 0.05) is 25.7 Å². The van der Waals surface area contributed by atoms with Gasteiger partial charge in [-0.2, -0.15) is 13.2 Å². The molecule has 0 aliphatic heterocycles. The van der Waals surface area contributed by atoms with Crippen molar-refractivity contribution >= 4 is 5.78 Å². The summed E-state index contributed by atoms with van der Waals surface area (Å²) in [6, 6.07) is 0. The average molecular weight is 235 g/mol. The second-order valence-electron chi connectivity index (χ2n) is 3.32. The molecule has 4 nitrogen and oxygen atoms in total. The summed E-state index contributed by atoms with van der Waals surface area (Å²) in [6.07, 6.45) is -3.20. The van der Waals surface area contributed by atoms with E-state index in [2.05, 4.69) is 4.98 Å². The van der Waals surface area contributed by atoms with E-state index in [-0.39, 0.29) is 5.69 Å². The van der Waals surface area contributed by atoms with Crippen molar-refractivity contribution in [3.05, 3.63) is 18.2 Å². The van der Waals surface area contributed by atoms with Crippen molar-refractivity contribution < 1.29 is 18.0 Å². The minimum atomic E-state index is -4.31. The maximum Gasteiger partial charge on any atom is 0.389 e. The maximum absolute atomic E-state index is 11.9. The molecule has 0 spiro atoms. The summed E-state index contributed by atoms with van der Waals surface area (Å²) in [7, 11) is 0. The molecule has 90 valence electrons. The fourth-order valence-electron chi connectivity index (χ4n) is 1.16. The first-order valence-corrected chi connectivity index (χ1v) is 4.74. The van der Waals surface area contributed by atoms with Crippen LogP contribution in [0.2, 0.25) is 0 Å². The molecule has 7 heteroatoms. The average Bonchev–Trinajstić information content (AvgIpc) is 2.62. The van der Waals surface area contributed by atoms with E-state index in [0.29, 0.717) is 13.1 Å². The molecule has 1 aromatic rings. The summed E-state index contributed by atoms with van der Waals surface area (Å²) < 4.78 is 37.2. The predicted octanol–water partition coefficient (Wildman–Crippen LogP) is 1.37. The van der Waals surface area contributed by atoms with Gasteiger partial charge in [0.15, 0.2) is 5.78 Å². The van der Waals surface area contributed by atoms with Crippen LogP contribution in [-0.4, -0.2) is 28.1 Å². The fourth-order valence-corrected chi connectivity index (χ4v) is 1.16. The van der Waals surface area contributed by atoms with E-state index in [0.717, 1.165) is 0 Å². The Bertz CT molecular complexity index is 359. The Morgan fingerprint density at radius 2 is 2.19 bits per heavy atom. The van der Waals surface area contributed by atoms with Crippen molar-refractivity contribution in [1.29, 1.82) is 0 Å². The van der Waals surface area contributed by atoms with Gasteiger partial charge in [-0.3, -0.25) is 4.79 Å². The number of imidazole rings is 1. The molecule has 0 radical (unpaired) electrons. The number of aromatic nitrogens is 2. The molecule has 16 heavy (non-hydrogen) atoms. The number of carbonyl (C=O) groups excluding carboxylic acids is 1. The molecule has 1 rings (SSSR count). The third-order valence-corrected chi connectivity index (χ3v) is 1.94. The molecule has 0 unspecified atom stereocenters. The van der Waals surface area contributed by atoms with E-state index < -0.39 is 24.8 Å². The minimum Gasteiger partial charge on any atom is -0.335 e. The van der Waals surface area contributed by atoms with E-state index in [1.54, 1.807) is 4.57 Å². The number of halogens is 3. The van der Waals surface area contributed by atoms with E-state index in [9.17, 15) is 18.0 Å². The van der Waals surface area contributed by atoms with Gasteiger partial charge < -0.3 is 10.3 Å². The summed E-state index contributed by atoms with van der Waals surface area (Å²) in [4.78, 5) is 15.0. The Labute approximate surface area is 90.3 Å². The molecular weight excluding hydrogens is 223 g/mol. The van der Waals surface area contributed by atoms with E-state index >= 15 is 0 Å². The number of nitrogens with zero attached hydrogens (tertiary/aromatic N) is 2. The molecular formula is C9H12F3N3O. The summed E-state index contributed by atoms with van der Waals surface area (Å²) in [5.74, 6) is -0.604. The van der Waals surface area contributed by atoms with Gasteiger partial charge in [0.25, 0.3) is 0 Å². The highest BCUT2D eigenvalue weighted by Crippen LogP contribution is 2.22. The smallest absolute Gasteiger partial charge is 0.335 e. The van der Waals surface area contributed by atoms with Crippen LogP contribution in [0.25, 0.3) is 0 Å². The van der Waals surface area contributed by atoms with E-state index in [4.69, 9.17) is 5.73 Å². The molecule has 2 N–H and O–H groups in total. The third kappa shape index (κ3) is 4.01. The number of ketones is 1. The molecule has 0 aliphatic rings. The van der Waals surface area contributed by atoms with Crippen LogP contribution < -0.4 is 5.73 Å². The second-order valence-corrected chi connectivity index (χ2v) is 3.32. The highest BCUT2D eigenvalue weighted by atomic mass is 19.4. The SMILES string of the molecule is NCCn1cnc(C(=O)CCC(F)(F)F)c1. The quantitative estimate of drug-likeness (QED) is 0.784. The first-order chi connectivity index (χ1) is 7.42. The molecule has 0 bridgehead atoms. The highest BCUT2D eigenvalue weighted by Gasteiger charge is 2.28. The Balaban J connectivity index is 2.53. The number of nitrogens with two attached hydrogens (primary N) is 1. The zero-order valence-electron chi connectivity index (χ0n) is 8.50. The van der Waals surface area contributed by atoms with E-state index in [1.807, 2.05) is 0 Å². The van der Waals surface area contributed by atoms with Crippen molar-refractivity contribution in [1.82, 2.24) is 9.55 Å². The minimum absolute atomic E-state index is 0.0534. The summed E-state index contributed by atoms with van der Waals surface area (Å²) in [5, 5.41) is 0. The van der Waals surface area contributed by atoms with Crippen LogP contribution in [0.5, 0.6) is 0 Å². The van der Waals surface area contributed by atoms with Crippen molar-refractivity contribution in [2.24, 2.45) is 5.73 Å². The molecule has 0 saturated carbocycles. The number of Topliss-reactive ketones (excluding diaryl/α,β-unsaturated/α-hetero) is 1. The largest absolute Gasteiger partial charge is 0.389 e. The Kier molecular flexibility index (Phi) is 4.05. The lowest BCUT2D eigenvalue weighted by atomic mass is 10.2. The van der Waals surface area contributed by atoms with Gasteiger partial charge in [-0.15, -0.1) is 0 Å². The van der Waals surface area contributed by atoms with Crippen molar-refractivity contribution in [3.8, 4) is 0 Å². The third-order valence-electron chi connectivity index (χ3n) is 1.94. The number of carbonyl (C=O) groups is 1. The Hall–Kier alpha value is -1.37. The van der Waals surface area contributed by atoms with Gasteiger partial charge >= 0.3 is 6.18 Å². The molecule has 0 amide bonds. The monoisotopic (exact) mass is 235 g/mol. The Morgan fingerprint density at radius 3 is 2.75 bits per heavy atom.